The van der Waals surface area contributed by atoms with Gasteiger partial charge in [-0.1, -0.05) is 0 Å². The normalized spacial score (nSPS) is 27.8. The number of nitrogens with one attached hydrogen (secondary N) is 2. The van der Waals surface area contributed by atoms with E-state index in [4.69, 9.17) is 0 Å². The summed E-state index contributed by atoms with van der Waals surface area (Å²) in [5.74, 6) is 0.140. The molecule has 16 heavy (non-hydrogen) atoms. The van der Waals surface area contributed by atoms with Gasteiger partial charge < -0.3 is 15.5 Å². The second-order valence-corrected chi connectivity index (χ2v) is 5.24. The lowest BCUT2D eigenvalue weighted by Gasteiger charge is -2.34. The maximum absolute atomic E-state index is 12.1. The van der Waals surface area contributed by atoms with Gasteiger partial charge in [-0.15, -0.1) is 0 Å². The van der Waals surface area contributed by atoms with Crippen LogP contribution in [-0.2, 0) is 4.79 Å². The van der Waals surface area contributed by atoms with Crippen molar-refractivity contribution in [2.45, 2.75) is 44.7 Å². The first-order chi connectivity index (χ1) is 7.46. The summed E-state index contributed by atoms with van der Waals surface area (Å²) in [5, 5.41) is 6.35. The molecule has 0 radical (unpaired) electrons. The summed E-state index contributed by atoms with van der Waals surface area (Å²) >= 11 is 0. The fraction of sp³-hybridized carbons (Fsp3) is 0.917. The molecule has 0 saturated carbocycles. The molecule has 1 aliphatic rings. The Hall–Kier alpha value is -0.610. The van der Waals surface area contributed by atoms with Gasteiger partial charge in [0.05, 0.1) is 5.54 Å². The molecule has 0 aromatic heterocycles. The molecule has 94 valence electrons. The van der Waals surface area contributed by atoms with Gasteiger partial charge in [-0.3, -0.25) is 4.79 Å². The van der Waals surface area contributed by atoms with Crippen LogP contribution in [0, 0.1) is 0 Å². The van der Waals surface area contributed by atoms with Crippen LogP contribution in [0.1, 0.15) is 33.1 Å². The van der Waals surface area contributed by atoms with Crippen LogP contribution in [-0.4, -0.2) is 49.6 Å². The van der Waals surface area contributed by atoms with Gasteiger partial charge in [0.2, 0.25) is 5.91 Å². The van der Waals surface area contributed by atoms with Gasteiger partial charge in [-0.2, -0.15) is 0 Å². The molecular formula is C12H25N3O. The van der Waals surface area contributed by atoms with Crippen LogP contribution in [0.25, 0.3) is 0 Å². The number of rotatable bonds is 4. The van der Waals surface area contributed by atoms with E-state index >= 15 is 0 Å². The van der Waals surface area contributed by atoms with Gasteiger partial charge in [-0.05, 0) is 53.8 Å². The van der Waals surface area contributed by atoms with Gasteiger partial charge in [0.1, 0.15) is 0 Å². The van der Waals surface area contributed by atoms with Gasteiger partial charge in [-0.25, -0.2) is 0 Å². The summed E-state index contributed by atoms with van der Waals surface area (Å²) < 4.78 is 0. The maximum atomic E-state index is 12.1. The minimum Gasteiger partial charge on any atom is -0.353 e. The van der Waals surface area contributed by atoms with Gasteiger partial charge in [0, 0.05) is 12.6 Å². The van der Waals surface area contributed by atoms with Gasteiger partial charge >= 0.3 is 0 Å². The highest BCUT2D eigenvalue weighted by molar-refractivity contribution is 5.86. The Morgan fingerprint density at radius 1 is 1.50 bits per heavy atom. The van der Waals surface area contributed by atoms with Crippen molar-refractivity contribution in [3.8, 4) is 0 Å². The molecule has 0 bridgehead atoms. The van der Waals surface area contributed by atoms with Crippen LogP contribution in [0.2, 0.25) is 0 Å². The van der Waals surface area contributed by atoms with Crippen molar-refractivity contribution >= 4 is 5.91 Å². The first-order valence-corrected chi connectivity index (χ1v) is 6.15. The van der Waals surface area contributed by atoms with Crippen LogP contribution in [0.15, 0.2) is 0 Å². The van der Waals surface area contributed by atoms with E-state index in [-0.39, 0.29) is 11.4 Å². The van der Waals surface area contributed by atoms with Crippen LogP contribution in [0.3, 0.4) is 0 Å². The molecule has 0 spiro atoms. The molecule has 1 saturated heterocycles. The summed E-state index contributed by atoms with van der Waals surface area (Å²) in [6.45, 7) is 5.77. The Morgan fingerprint density at radius 3 is 2.69 bits per heavy atom. The Kier molecular flexibility index (Phi) is 4.74. The molecule has 2 atom stereocenters. The van der Waals surface area contributed by atoms with Crippen LogP contribution < -0.4 is 10.6 Å². The summed E-state index contributed by atoms with van der Waals surface area (Å²) in [5.41, 5.74) is -0.357. The highest BCUT2D eigenvalue weighted by atomic mass is 16.2. The first-order valence-electron chi connectivity index (χ1n) is 6.15. The Bertz CT molecular complexity index is 234. The molecule has 1 amide bonds. The van der Waals surface area contributed by atoms with Crippen molar-refractivity contribution in [2.75, 3.05) is 27.2 Å². The standard InChI is InChI=1S/C12H25N3O/c1-10(15(3)4)9-13-11(16)12(2)7-5-6-8-14-12/h10,14H,5-9H2,1-4H3,(H,13,16). The molecule has 4 heteroatoms. The number of amides is 1. The minimum atomic E-state index is -0.357. The topological polar surface area (TPSA) is 44.4 Å². The summed E-state index contributed by atoms with van der Waals surface area (Å²) in [6.07, 6.45) is 3.26. The highest BCUT2D eigenvalue weighted by Gasteiger charge is 2.33. The Morgan fingerprint density at radius 2 is 2.19 bits per heavy atom. The van der Waals surface area contributed by atoms with Crippen molar-refractivity contribution in [1.29, 1.82) is 0 Å². The van der Waals surface area contributed by atoms with E-state index < -0.39 is 0 Å². The SMILES string of the molecule is CC(CNC(=O)C1(C)CCCCN1)N(C)C. The summed E-state index contributed by atoms with van der Waals surface area (Å²) in [6, 6.07) is 0.371. The van der Waals surface area contributed by atoms with Gasteiger partial charge in [0.15, 0.2) is 0 Å². The van der Waals surface area contributed by atoms with E-state index in [1.165, 1.54) is 6.42 Å². The average molecular weight is 227 g/mol. The predicted octanol–water partition coefficient (Wildman–Crippen LogP) is 0.585. The number of likely N-dealkylation sites (N-methyl/N-ethyl adjacent to an activating group) is 1. The zero-order valence-corrected chi connectivity index (χ0v) is 11.0. The first kappa shape index (κ1) is 13.5. The van der Waals surface area contributed by atoms with Crippen molar-refractivity contribution in [3.05, 3.63) is 0 Å². The lowest BCUT2D eigenvalue weighted by Crippen LogP contribution is -2.58. The molecule has 1 heterocycles. The summed E-state index contributed by atoms with van der Waals surface area (Å²) in [4.78, 5) is 14.2. The second kappa shape index (κ2) is 5.64. The zero-order chi connectivity index (χ0) is 12.2. The van der Waals surface area contributed by atoms with Crippen LogP contribution >= 0.6 is 0 Å². The van der Waals surface area contributed by atoms with Crippen LogP contribution in [0.4, 0.5) is 0 Å². The molecule has 1 aliphatic heterocycles. The number of carbonyl (C=O) groups is 1. The quantitative estimate of drug-likeness (QED) is 0.738. The molecule has 0 aliphatic carbocycles. The maximum Gasteiger partial charge on any atom is 0.240 e. The monoisotopic (exact) mass is 227 g/mol. The molecule has 1 rings (SSSR count). The number of hydrogen-bond acceptors (Lipinski definition) is 3. The average Bonchev–Trinajstić information content (AvgIpc) is 2.26. The van der Waals surface area contributed by atoms with Crippen molar-refractivity contribution < 1.29 is 4.79 Å². The fourth-order valence-corrected chi connectivity index (χ4v) is 1.87. The number of hydrogen-bond donors (Lipinski definition) is 2. The number of piperidine rings is 1. The third-order valence-corrected chi connectivity index (χ3v) is 3.56. The number of nitrogens with zero attached hydrogens (tertiary/aromatic N) is 1. The number of carbonyl (C=O) groups excluding carboxylic acids is 1. The molecule has 2 unspecified atom stereocenters. The van der Waals surface area contributed by atoms with Crippen LogP contribution in [0.5, 0.6) is 0 Å². The molecular weight excluding hydrogens is 202 g/mol. The van der Waals surface area contributed by atoms with E-state index in [2.05, 4.69) is 22.5 Å². The fourth-order valence-electron chi connectivity index (χ4n) is 1.87. The van der Waals surface area contributed by atoms with E-state index in [9.17, 15) is 4.79 Å². The summed E-state index contributed by atoms with van der Waals surface area (Å²) in [7, 11) is 4.05. The van der Waals surface area contributed by atoms with E-state index in [0.29, 0.717) is 12.6 Å². The van der Waals surface area contributed by atoms with E-state index in [1.807, 2.05) is 21.0 Å². The lowest BCUT2D eigenvalue weighted by molar-refractivity contribution is -0.128. The molecule has 0 aromatic carbocycles. The molecule has 4 nitrogen and oxygen atoms in total. The van der Waals surface area contributed by atoms with E-state index in [1.54, 1.807) is 0 Å². The molecule has 2 N–H and O–H groups in total. The second-order valence-electron chi connectivity index (χ2n) is 5.24. The third kappa shape index (κ3) is 3.46. The van der Waals surface area contributed by atoms with Crippen molar-refractivity contribution in [2.24, 2.45) is 0 Å². The van der Waals surface area contributed by atoms with Gasteiger partial charge in [0.25, 0.3) is 0 Å². The van der Waals surface area contributed by atoms with E-state index in [0.717, 1.165) is 19.4 Å². The smallest absolute Gasteiger partial charge is 0.240 e. The molecule has 1 fully saturated rings. The Labute approximate surface area is 98.8 Å². The predicted molar refractivity (Wildman–Crippen MR) is 66.4 cm³/mol. The third-order valence-electron chi connectivity index (χ3n) is 3.56. The minimum absolute atomic E-state index is 0.140. The highest BCUT2D eigenvalue weighted by Crippen LogP contribution is 2.18. The van der Waals surface area contributed by atoms with Crippen molar-refractivity contribution in [1.82, 2.24) is 15.5 Å². The zero-order valence-electron chi connectivity index (χ0n) is 11.0. The lowest BCUT2D eigenvalue weighted by atomic mass is 9.90. The molecule has 0 aromatic rings. The largest absolute Gasteiger partial charge is 0.353 e. The van der Waals surface area contributed by atoms with Crippen molar-refractivity contribution in [3.63, 3.8) is 0 Å². The Balaban J connectivity index is 2.39.